The van der Waals surface area contributed by atoms with Crippen molar-refractivity contribution in [3.05, 3.63) is 29.9 Å². The van der Waals surface area contributed by atoms with Gasteiger partial charge in [-0.3, -0.25) is 0 Å². The summed E-state index contributed by atoms with van der Waals surface area (Å²) in [7, 11) is 0. The third-order valence-electron chi connectivity index (χ3n) is 1.38. The first-order chi connectivity index (χ1) is 5.86. The number of hydrogen-bond acceptors (Lipinski definition) is 4. The number of rotatable bonds is 1. The van der Waals surface area contributed by atoms with Gasteiger partial charge in [-0.2, -0.15) is 0 Å². The first kappa shape index (κ1) is 7.24. The van der Waals surface area contributed by atoms with Gasteiger partial charge in [0.2, 0.25) is 0 Å². The van der Waals surface area contributed by atoms with E-state index >= 15 is 0 Å². The molecule has 0 atom stereocenters. The van der Waals surface area contributed by atoms with Crippen molar-refractivity contribution in [3.8, 4) is 16.5 Å². The molecule has 0 fully saturated rings. The van der Waals surface area contributed by atoms with Gasteiger partial charge in [-0.15, -0.1) is 11.3 Å². The molecule has 0 aliphatic carbocycles. The minimum absolute atomic E-state index is 0.0929. The van der Waals surface area contributed by atoms with Crippen molar-refractivity contribution in [2.45, 2.75) is 0 Å². The zero-order chi connectivity index (χ0) is 8.39. The highest BCUT2D eigenvalue weighted by molar-refractivity contribution is 7.13. The number of hydrogen-bond donors (Lipinski definition) is 1. The molecule has 1 N–H and O–H groups in total. The Labute approximate surface area is 73.4 Å². The van der Waals surface area contributed by atoms with Crippen LogP contribution in [0, 0.1) is 0 Å². The van der Waals surface area contributed by atoms with Crippen molar-refractivity contribution in [2.75, 3.05) is 0 Å². The van der Waals surface area contributed by atoms with E-state index in [0.717, 1.165) is 4.88 Å². The Bertz CT molecular complexity index is 355. The lowest BCUT2D eigenvalue weighted by Crippen LogP contribution is -1.83. The number of nitrogens with zero attached hydrogens (tertiary/aromatic N) is 2. The highest BCUT2D eigenvalue weighted by Crippen LogP contribution is 2.20. The fourth-order valence-corrected chi connectivity index (χ4v) is 1.53. The quantitative estimate of drug-likeness (QED) is 0.725. The van der Waals surface area contributed by atoms with Gasteiger partial charge in [0, 0.05) is 0 Å². The molecule has 4 heteroatoms. The molecule has 0 aromatic carbocycles. The monoisotopic (exact) mass is 178 g/mol. The minimum atomic E-state index is 0.0929. The molecular weight excluding hydrogens is 172 g/mol. The summed E-state index contributed by atoms with van der Waals surface area (Å²) >= 11 is 1.58. The predicted octanol–water partition coefficient (Wildman–Crippen LogP) is 1.91. The molecular formula is C8H6N2OS. The van der Waals surface area contributed by atoms with Crippen LogP contribution in [0.2, 0.25) is 0 Å². The Morgan fingerprint density at radius 3 is 2.58 bits per heavy atom. The van der Waals surface area contributed by atoms with E-state index < -0.39 is 0 Å². The fraction of sp³-hybridized carbons (Fsp3) is 0. The van der Waals surface area contributed by atoms with Crippen molar-refractivity contribution in [1.82, 2.24) is 9.97 Å². The summed E-state index contributed by atoms with van der Waals surface area (Å²) in [4.78, 5) is 8.95. The highest BCUT2D eigenvalue weighted by atomic mass is 32.1. The summed E-state index contributed by atoms with van der Waals surface area (Å²) in [5.41, 5.74) is 0. The van der Waals surface area contributed by atoms with Crippen LogP contribution >= 0.6 is 11.3 Å². The summed E-state index contributed by atoms with van der Waals surface area (Å²) in [5, 5.41) is 10.9. The van der Waals surface area contributed by atoms with Crippen LogP contribution in [0.4, 0.5) is 0 Å². The summed E-state index contributed by atoms with van der Waals surface area (Å²) in [5.74, 6) is 0.748. The Kier molecular flexibility index (Phi) is 1.75. The molecule has 60 valence electrons. The molecule has 2 aromatic rings. The van der Waals surface area contributed by atoms with Crippen molar-refractivity contribution in [3.63, 3.8) is 0 Å². The maximum absolute atomic E-state index is 8.93. The van der Waals surface area contributed by atoms with E-state index in [1.165, 1.54) is 12.4 Å². The van der Waals surface area contributed by atoms with Crippen LogP contribution in [0.5, 0.6) is 5.75 Å². The Balaban J connectivity index is 2.43. The van der Waals surface area contributed by atoms with Crippen LogP contribution in [0.25, 0.3) is 10.7 Å². The first-order valence-electron chi connectivity index (χ1n) is 3.41. The highest BCUT2D eigenvalue weighted by Gasteiger charge is 2.00. The Hall–Kier alpha value is -1.42. The van der Waals surface area contributed by atoms with Crippen molar-refractivity contribution in [1.29, 1.82) is 0 Å². The summed E-state index contributed by atoms with van der Waals surface area (Å²) in [6.45, 7) is 0. The van der Waals surface area contributed by atoms with Gasteiger partial charge >= 0.3 is 0 Å². The second kappa shape index (κ2) is 2.91. The number of aromatic hydroxyl groups is 1. The molecule has 0 bridgehead atoms. The average Bonchev–Trinajstić information content (AvgIpc) is 2.58. The van der Waals surface area contributed by atoms with Gasteiger partial charge in [0.15, 0.2) is 11.6 Å². The molecule has 0 aliphatic heterocycles. The average molecular weight is 178 g/mol. The zero-order valence-corrected chi connectivity index (χ0v) is 6.95. The van der Waals surface area contributed by atoms with E-state index in [0.29, 0.717) is 5.82 Å². The third kappa shape index (κ3) is 1.29. The third-order valence-corrected chi connectivity index (χ3v) is 2.25. The molecule has 0 amide bonds. The van der Waals surface area contributed by atoms with Crippen molar-refractivity contribution in [2.24, 2.45) is 0 Å². The van der Waals surface area contributed by atoms with E-state index in [1.807, 2.05) is 17.5 Å². The van der Waals surface area contributed by atoms with E-state index in [2.05, 4.69) is 9.97 Å². The van der Waals surface area contributed by atoms with Crippen LogP contribution in [0.3, 0.4) is 0 Å². The topological polar surface area (TPSA) is 46.0 Å². The van der Waals surface area contributed by atoms with E-state index in [9.17, 15) is 0 Å². The van der Waals surface area contributed by atoms with Gasteiger partial charge in [-0.25, -0.2) is 9.97 Å². The lowest BCUT2D eigenvalue weighted by Gasteiger charge is -1.93. The number of thiophene rings is 1. The van der Waals surface area contributed by atoms with Gasteiger partial charge in [-0.05, 0) is 11.4 Å². The second-order valence-corrected chi connectivity index (χ2v) is 3.19. The lowest BCUT2D eigenvalue weighted by atomic mass is 10.4. The molecule has 0 saturated carbocycles. The van der Waals surface area contributed by atoms with Crippen LogP contribution in [0.1, 0.15) is 0 Å². The number of aromatic nitrogens is 2. The van der Waals surface area contributed by atoms with Crippen LogP contribution in [0.15, 0.2) is 29.9 Å². The summed E-state index contributed by atoms with van der Waals surface area (Å²) in [6, 6.07) is 3.88. The molecule has 3 nitrogen and oxygen atoms in total. The van der Waals surface area contributed by atoms with Crippen LogP contribution in [-0.4, -0.2) is 15.1 Å². The Morgan fingerprint density at radius 2 is 2.00 bits per heavy atom. The first-order valence-corrected chi connectivity index (χ1v) is 4.29. The maximum atomic E-state index is 8.93. The summed E-state index contributed by atoms with van der Waals surface area (Å²) in [6.07, 6.45) is 2.78. The predicted molar refractivity (Wildman–Crippen MR) is 47.0 cm³/mol. The maximum Gasteiger partial charge on any atom is 0.169 e. The van der Waals surface area contributed by atoms with Crippen LogP contribution < -0.4 is 0 Å². The standard InChI is InChI=1S/C8H6N2OS/c11-6-4-9-8(10-5-6)7-2-1-3-12-7/h1-5,11H. The lowest BCUT2D eigenvalue weighted by molar-refractivity contribution is 0.470. The van der Waals surface area contributed by atoms with E-state index in [-0.39, 0.29) is 5.75 Å². The van der Waals surface area contributed by atoms with Gasteiger partial charge < -0.3 is 5.11 Å². The van der Waals surface area contributed by atoms with Gasteiger partial charge in [0.25, 0.3) is 0 Å². The minimum Gasteiger partial charge on any atom is -0.505 e. The molecule has 2 heterocycles. The smallest absolute Gasteiger partial charge is 0.169 e. The Morgan fingerprint density at radius 1 is 1.25 bits per heavy atom. The van der Waals surface area contributed by atoms with E-state index in [1.54, 1.807) is 11.3 Å². The van der Waals surface area contributed by atoms with E-state index in [4.69, 9.17) is 5.11 Å². The molecule has 0 aliphatic rings. The van der Waals surface area contributed by atoms with Crippen molar-refractivity contribution < 1.29 is 5.11 Å². The molecule has 0 unspecified atom stereocenters. The largest absolute Gasteiger partial charge is 0.505 e. The molecule has 2 rings (SSSR count). The zero-order valence-electron chi connectivity index (χ0n) is 6.14. The molecule has 0 spiro atoms. The van der Waals surface area contributed by atoms with Crippen LogP contribution in [-0.2, 0) is 0 Å². The molecule has 0 saturated heterocycles. The molecule has 12 heavy (non-hydrogen) atoms. The van der Waals surface area contributed by atoms with Gasteiger partial charge in [-0.1, -0.05) is 6.07 Å². The normalized spacial score (nSPS) is 10.0. The van der Waals surface area contributed by atoms with Gasteiger partial charge in [0.1, 0.15) is 0 Å². The second-order valence-electron chi connectivity index (χ2n) is 2.24. The fourth-order valence-electron chi connectivity index (χ4n) is 0.854. The SMILES string of the molecule is Oc1cnc(-c2cccs2)nc1. The molecule has 2 aromatic heterocycles. The summed E-state index contributed by atoms with van der Waals surface area (Å²) < 4.78 is 0. The molecule has 0 radical (unpaired) electrons. The van der Waals surface area contributed by atoms with Crippen molar-refractivity contribution >= 4 is 11.3 Å². The van der Waals surface area contributed by atoms with Gasteiger partial charge in [0.05, 0.1) is 17.3 Å².